The van der Waals surface area contributed by atoms with Crippen LogP contribution >= 0.6 is 0 Å². The van der Waals surface area contributed by atoms with Crippen LogP contribution in [-0.2, 0) is 0 Å². The first-order valence-electron chi connectivity index (χ1n) is 7.41. The van der Waals surface area contributed by atoms with Gasteiger partial charge in [-0.05, 0) is 33.0 Å². The number of piperazine rings is 1. The first-order valence-corrected chi connectivity index (χ1v) is 7.41. The predicted octanol–water partition coefficient (Wildman–Crippen LogP) is 1.53. The molecule has 0 spiro atoms. The van der Waals surface area contributed by atoms with Crippen molar-refractivity contribution in [2.45, 2.75) is 20.0 Å². The molecule has 0 saturated carbocycles. The number of ether oxygens (including phenoxy) is 1. The molecule has 20 heavy (non-hydrogen) atoms. The maximum atomic E-state index is 5.71. The molecule has 0 radical (unpaired) electrons. The second-order valence-corrected chi connectivity index (χ2v) is 5.59. The smallest absolute Gasteiger partial charge is 0.237 e. The second-order valence-electron chi connectivity index (χ2n) is 5.59. The van der Waals surface area contributed by atoms with E-state index in [4.69, 9.17) is 4.74 Å². The average Bonchev–Trinajstić information content (AvgIpc) is 2.42. The Morgan fingerprint density at radius 3 is 2.75 bits per heavy atom. The highest BCUT2D eigenvalue weighted by Crippen LogP contribution is 2.21. The minimum atomic E-state index is 0.142. The zero-order chi connectivity index (χ0) is 14.4. The minimum absolute atomic E-state index is 0.142. The van der Waals surface area contributed by atoms with Crippen LogP contribution in [0, 0.1) is 0 Å². The first kappa shape index (κ1) is 15.1. The predicted molar refractivity (Wildman–Crippen MR) is 82.4 cm³/mol. The van der Waals surface area contributed by atoms with Crippen molar-refractivity contribution in [3.63, 3.8) is 0 Å². The van der Waals surface area contributed by atoms with Crippen molar-refractivity contribution < 1.29 is 4.74 Å². The first-order chi connectivity index (χ1) is 9.65. The molecule has 0 unspecified atom stereocenters. The van der Waals surface area contributed by atoms with Gasteiger partial charge in [0.2, 0.25) is 5.88 Å². The third-order valence-corrected chi connectivity index (χ3v) is 3.46. The molecule has 0 aromatic carbocycles. The largest absolute Gasteiger partial charge is 0.473 e. The van der Waals surface area contributed by atoms with Crippen LogP contribution in [-0.4, -0.2) is 67.2 Å². The number of hydrogen-bond donors (Lipinski definition) is 1. The third-order valence-electron chi connectivity index (χ3n) is 3.46. The summed E-state index contributed by atoms with van der Waals surface area (Å²) in [6.07, 6.45) is 1.91. The molecule has 112 valence electrons. The van der Waals surface area contributed by atoms with Crippen molar-refractivity contribution in [1.29, 1.82) is 0 Å². The molecule has 1 aliphatic heterocycles. The molecule has 1 saturated heterocycles. The Bertz CT molecular complexity index is 403. The van der Waals surface area contributed by atoms with E-state index in [9.17, 15) is 0 Å². The summed E-state index contributed by atoms with van der Waals surface area (Å²) in [5.74, 6) is 0.695. The van der Waals surface area contributed by atoms with Crippen molar-refractivity contribution in [3.8, 4) is 5.88 Å². The van der Waals surface area contributed by atoms with Gasteiger partial charge in [0.15, 0.2) is 0 Å². The van der Waals surface area contributed by atoms with Crippen molar-refractivity contribution in [3.05, 3.63) is 18.3 Å². The number of pyridine rings is 1. The van der Waals surface area contributed by atoms with Crippen molar-refractivity contribution in [2.24, 2.45) is 0 Å². The maximum Gasteiger partial charge on any atom is 0.237 e. The van der Waals surface area contributed by atoms with E-state index in [0.29, 0.717) is 5.88 Å². The van der Waals surface area contributed by atoms with Crippen LogP contribution in [0.15, 0.2) is 18.3 Å². The lowest BCUT2D eigenvalue weighted by atomic mass is 10.3. The van der Waals surface area contributed by atoms with Crippen LogP contribution in [0.1, 0.15) is 13.8 Å². The Hall–Kier alpha value is -1.33. The molecule has 5 heteroatoms. The number of rotatable bonds is 6. The summed E-state index contributed by atoms with van der Waals surface area (Å²) in [5.41, 5.74) is 0.982. The fourth-order valence-electron chi connectivity index (χ4n) is 2.26. The van der Waals surface area contributed by atoms with Gasteiger partial charge in [-0.25, -0.2) is 4.98 Å². The summed E-state index contributed by atoms with van der Waals surface area (Å²) in [7, 11) is 2.18. The standard InChI is InChI=1S/C15H26N4O/c1-13(2)20-15-14(5-4-6-17-15)16-7-8-19-11-9-18(3)10-12-19/h4-6,13,16H,7-12H2,1-3H3. The Morgan fingerprint density at radius 1 is 1.30 bits per heavy atom. The number of likely N-dealkylation sites (N-methyl/N-ethyl adjacent to an activating group) is 1. The van der Waals surface area contributed by atoms with Gasteiger partial charge < -0.3 is 15.0 Å². The fourth-order valence-corrected chi connectivity index (χ4v) is 2.26. The molecule has 1 aromatic heterocycles. The fraction of sp³-hybridized carbons (Fsp3) is 0.667. The van der Waals surface area contributed by atoms with E-state index in [-0.39, 0.29) is 6.10 Å². The Kier molecular flexibility index (Phi) is 5.61. The van der Waals surface area contributed by atoms with Gasteiger partial charge >= 0.3 is 0 Å². The number of aromatic nitrogens is 1. The molecular formula is C15H26N4O. The molecular weight excluding hydrogens is 252 g/mol. The highest BCUT2D eigenvalue weighted by Gasteiger charge is 2.13. The van der Waals surface area contributed by atoms with E-state index in [2.05, 4.69) is 27.1 Å². The summed E-state index contributed by atoms with van der Waals surface area (Å²) in [4.78, 5) is 9.16. The van der Waals surface area contributed by atoms with Crippen molar-refractivity contribution in [2.75, 3.05) is 51.6 Å². The Balaban J connectivity index is 1.79. The van der Waals surface area contributed by atoms with Crippen LogP contribution in [0.2, 0.25) is 0 Å². The molecule has 1 aliphatic rings. The Labute approximate surface area is 121 Å². The van der Waals surface area contributed by atoms with Gasteiger partial charge in [-0.1, -0.05) is 0 Å². The van der Waals surface area contributed by atoms with Crippen LogP contribution in [0.3, 0.4) is 0 Å². The summed E-state index contributed by atoms with van der Waals surface area (Å²) in [6.45, 7) is 10.6. The van der Waals surface area contributed by atoms with Gasteiger partial charge in [-0.3, -0.25) is 4.90 Å². The molecule has 1 fully saturated rings. The lowest BCUT2D eigenvalue weighted by Gasteiger charge is -2.32. The third kappa shape index (κ3) is 4.65. The second kappa shape index (κ2) is 7.45. The summed E-state index contributed by atoms with van der Waals surface area (Å²) >= 11 is 0. The quantitative estimate of drug-likeness (QED) is 0.854. The van der Waals surface area contributed by atoms with Crippen LogP contribution < -0.4 is 10.1 Å². The van der Waals surface area contributed by atoms with Gasteiger partial charge in [0, 0.05) is 45.5 Å². The highest BCUT2D eigenvalue weighted by atomic mass is 16.5. The number of anilines is 1. The number of nitrogens with zero attached hydrogens (tertiary/aromatic N) is 3. The topological polar surface area (TPSA) is 40.6 Å². The summed E-state index contributed by atoms with van der Waals surface area (Å²) in [6, 6.07) is 3.96. The monoisotopic (exact) mass is 278 g/mol. The SMILES string of the molecule is CC(C)Oc1ncccc1NCCN1CCN(C)CC1. The van der Waals surface area contributed by atoms with Gasteiger partial charge in [0.25, 0.3) is 0 Å². The average molecular weight is 278 g/mol. The normalized spacial score (nSPS) is 17.4. The van der Waals surface area contributed by atoms with Gasteiger partial charge in [0.1, 0.15) is 0 Å². The minimum Gasteiger partial charge on any atom is -0.473 e. The lowest BCUT2D eigenvalue weighted by molar-refractivity contribution is 0.158. The number of nitrogens with one attached hydrogen (secondary N) is 1. The molecule has 1 aromatic rings. The van der Waals surface area contributed by atoms with Gasteiger partial charge in [-0.15, -0.1) is 0 Å². The van der Waals surface area contributed by atoms with Crippen molar-refractivity contribution in [1.82, 2.24) is 14.8 Å². The van der Waals surface area contributed by atoms with Crippen LogP contribution in [0.4, 0.5) is 5.69 Å². The molecule has 0 aliphatic carbocycles. The number of hydrogen-bond acceptors (Lipinski definition) is 5. The van der Waals surface area contributed by atoms with E-state index in [1.165, 1.54) is 0 Å². The molecule has 0 amide bonds. The summed E-state index contributed by atoms with van der Waals surface area (Å²) < 4.78 is 5.71. The Morgan fingerprint density at radius 2 is 2.05 bits per heavy atom. The zero-order valence-electron chi connectivity index (χ0n) is 12.8. The van der Waals surface area contributed by atoms with E-state index < -0.39 is 0 Å². The van der Waals surface area contributed by atoms with Crippen molar-refractivity contribution >= 4 is 5.69 Å². The van der Waals surface area contributed by atoms with Crippen LogP contribution in [0.5, 0.6) is 5.88 Å². The summed E-state index contributed by atoms with van der Waals surface area (Å²) in [5, 5.41) is 3.43. The van der Waals surface area contributed by atoms with Gasteiger partial charge in [-0.2, -0.15) is 0 Å². The van der Waals surface area contributed by atoms with Gasteiger partial charge in [0.05, 0.1) is 11.8 Å². The van der Waals surface area contributed by atoms with E-state index in [0.717, 1.165) is 45.0 Å². The van der Waals surface area contributed by atoms with E-state index in [1.54, 1.807) is 6.20 Å². The van der Waals surface area contributed by atoms with E-state index >= 15 is 0 Å². The lowest BCUT2D eigenvalue weighted by Crippen LogP contribution is -2.45. The highest BCUT2D eigenvalue weighted by molar-refractivity contribution is 5.52. The molecule has 2 rings (SSSR count). The molecule has 1 N–H and O–H groups in total. The maximum absolute atomic E-state index is 5.71. The molecule has 0 atom stereocenters. The molecule has 0 bridgehead atoms. The molecule has 5 nitrogen and oxygen atoms in total. The van der Waals surface area contributed by atoms with E-state index in [1.807, 2.05) is 26.0 Å². The zero-order valence-corrected chi connectivity index (χ0v) is 12.8. The van der Waals surface area contributed by atoms with Crippen LogP contribution in [0.25, 0.3) is 0 Å². The molecule has 2 heterocycles.